The van der Waals surface area contributed by atoms with Gasteiger partial charge < -0.3 is 9.64 Å². The monoisotopic (exact) mass is 281 g/mol. The van der Waals surface area contributed by atoms with Crippen molar-refractivity contribution >= 4 is 5.91 Å². The van der Waals surface area contributed by atoms with Crippen LogP contribution in [0.1, 0.15) is 16.7 Å². The van der Waals surface area contributed by atoms with Gasteiger partial charge in [-0.15, -0.1) is 0 Å². The molecule has 0 saturated carbocycles. The third-order valence-corrected chi connectivity index (χ3v) is 3.97. The molecule has 3 rings (SSSR count). The number of benzene rings is 2. The molecule has 0 aromatic heterocycles. The number of carbonyl (C=O) groups is 1. The lowest BCUT2D eigenvalue weighted by Gasteiger charge is -2.29. The Bertz CT molecular complexity index is 651. The molecule has 1 aliphatic heterocycles. The summed E-state index contributed by atoms with van der Waals surface area (Å²) in [4.78, 5) is 14.4. The van der Waals surface area contributed by atoms with Gasteiger partial charge in [-0.1, -0.05) is 36.4 Å². The van der Waals surface area contributed by atoms with Gasteiger partial charge in [-0.25, -0.2) is 0 Å². The molecule has 3 nitrogen and oxygen atoms in total. The molecule has 0 saturated heterocycles. The van der Waals surface area contributed by atoms with Gasteiger partial charge in [0.05, 0.1) is 13.5 Å². The maximum atomic E-state index is 12.5. The van der Waals surface area contributed by atoms with Crippen LogP contribution in [0.4, 0.5) is 0 Å². The minimum absolute atomic E-state index is 0.178. The number of hydrogen-bond donors (Lipinski definition) is 0. The summed E-state index contributed by atoms with van der Waals surface area (Å²) in [5, 5.41) is 0. The molecular formula is C18H19NO2. The van der Waals surface area contributed by atoms with Crippen molar-refractivity contribution in [1.29, 1.82) is 0 Å². The second-order valence-corrected chi connectivity index (χ2v) is 5.36. The van der Waals surface area contributed by atoms with Gasteiger partial charge in [0.2, 0.25) is 5.91 Å². The first-order chi connectivity index (χ1) is 10.3. The molecule has 0 spiro atoms. The molecule has 2 aromatic carbocycles. The van der Waals surface area contributed by atoms with E-state index in [1.807, 2.05) is 35.2 Å². The van der Waals surface area contributed by atoms with Gasteiger partial charge in [0.15, 0.2) is 0 Å². The van der Waals surface area contributed by atoms with Crippen LogP contribution in [0.15, 0.2) is 48.5 Å². The molecule has 3 heteroatoms. The molecular weight excluding hydrogens is 262 g/mol. The number of methoxy groups -OCH3 is 1. The Hall–Kier alpha value is -2.29. The van der Waals surface area contributed by atoms with E-state index in [0.29, 0.717) is 6.42 Å². The Kier molecular flexibility index (Phi) is 3.91. The molecule has 0 N–H and O–H groups in total. The van der Waals surface area contributed by atoms with Crippen LogP contribution in [-0.2, 0) is 24.2 Å². The summed E-state index contributed by atoms with van der Waals surface area (Å²) in [7, 11) is 1.64. The van der Waals surface area contributed by atoms with Gasteiger partial charge >= 0.3 is 0 Å². The van der Waals surface area contributed by atoms with E-state index in [2.05, 4.69) is 18.2 Å². The fourth-order valence-electron chi connectivity index (χ4n) is 2.78. The van der Waals surface area contributed by atoms with Crippen LogP contribution in [0.2, 0.25) is 0 Å². The molecule has 1 heterocycles. The highest BCUT2D eigenvalue weighted by molar-refractivity contribution is 5.79. The van der Waals surface area contributed by atoms with Crippen LogP contribution in [0.25, 0.3) is 0 Å². The zero-order chi connectivity index (χ0) is 14.7. The molecule has 21 heavy (non-hydrogen) atoms. The van der Waals surface area contributed by atoms with Crippen molar-refractivity contribution < 1.29 is 9.53 Å². The van der Waals surface area contributed by atoms with Crippen LogP contribution in [0.5, 0.6) is 5.75 Å². The number of hydrogen-bond acceptors (Lipinski definition) is 2. The fourth-order valence-corrected chi connectivity index (χ4v) is 2.78. The number of fused-ring (bicyclic) bond motifs is 1. The molecule has 1 aliphatic rings. The second-order valence-electron chi connectivity index (χ2n) is 5.36. The summed E-state index contributed by atoms with van der Waals surface area (Å²) >= 11 is 0. The van der Waals surface area contributed by atoms with Crippen molar-refractivity contribution in [2.24, 2.45) is 0 Å². The van der Waals surface area contributed by atoms with Crippen molar-refractivity contribution in [3.05, 3.63) is 65.2 Å². The molecule has 2 aromatic rings. The molecule has 108 valence electrons. The minimum atomic E-state index is 0.178. The molecule has 1 amide bonds. The molecule has 0 atom stereocenters. The molecule has 0 unspecified atom stereocenters. The second kappa shape index (κ2) is 6.00. The summed E-state index contributed by atoms with van der Waals surface area (Å²) in [5.74, 6) is 0.974. The number of amides is 1. The number of nitrogens with zero attached hydrogens (tertiary/aromatic N) is 1. The molecule has 0 fully saturated rings. The predicted molar refractivity (Wildman–Crippen MR) is 82.3 cm³/mol. The zero-order valence-corrected chi connectivity index (χ0v) is 12.2. The first kappa shape index (κ1) is 13.7. The summed E-state index contributed by atoms with van der Waals surface area (Å²) < 4.78 is 5.20. The first-order valence-electron chi connectivity index (χ1n) is 7.24. The van der Waals surface area contributed by atoms with Crippen LogP contribution >= 0.6 is 0 Å². The average molecular weight is 281 g/mol. The van der Waals surface area contributed by atoms with Gasteiger partial charge in [0.25, 0.3) is 0 Å². The SMILES string of the molecule is COc1cccc(CC(=O)N2CCc3ccccc3C2)c1. The highest BCUT2D eigenvalue weighted by Gasteiger charge is 2.20. The minimum Gasteiger partial charge on any atom is -0.497 e. The third-order valence-electron chi connectivity index (χ3n) is 3.97. The van der Waals surface area contributed by atoms with E-state index < -0.39 is 0 Å². The summed E-state index contributed by atoms with van der Waals surface area (Å²) in [6.45, 7) is 1.53. The lowest BCUT2D eigenvalue weighted by atomic mass is 9.99. The molecule has 0 radical (unpaired) electrons. The van der Waals surface area contributed by atoms with Crippen LogP contribution in [0.3, 0.4) is 0 Å². The molecule has 0 bridgehead atoms. The Morgan fingerprint density at radius 2 is 1.95 bits per heavy atom. The van der Waals surface area contributed by atoms with E-state index in [1.54, 1.807) is 7.11 Å². The highest BCUT2D eigenvalue weighted by atomic mass is 16.5. The number of carbonyl (C=O) groups excluding carboxylic acids is 1. The lowest BCUT2D eigenvalue weighted by molar-refractivity contribution is -0.131. The Morgan fingerprint density at radius 1 is 1.14 bits per heavy atom. The third kappa shape index (κ3) is 3.07. The number of rotatable bonds is 3. The van der Waals surface area contributed by atoms with Gasteiger partial charge in [-0.05, 0) is 35.2 Å². The molecule has 0 aliphatic carbocycles. The van der Waals surface area contributed by atoms with E-state index in [4.69, 9.17) is 4.74 Å². The van der Waals surface area contributed by atoms with E-state index in [0.717, 1.165) is 30.8 Å². The smallest absolute Gasteiger partial charge is 0.227 e. The zero-order valence-electron chi connectivity index (χ0n) is 12.2. The van der Waals surface area contributed by atoms with Gasteiger partial charge in [-0.2, -0.15) is 0 Å². The van der Waals surface area contributed by atoms with E-state index in [-0.39, 0.29) is 5.91 Å². The standard InChI is InChI=1S/C18H19NO2/c1-21-17-8-4-5-14(11-17)12-18(20)19-10-9-15-6-2-3-7-16(15)13-19/h2-8,11H,9-10,12-13H2,1H3. The van der Waals surface area contributed by atoms with Crippen LogP contribution in [0, 0.1) is 0 Å². The van der Waals surface area contributed by atoms with Crippen molar-refractivity contribution in [1.82, 2.24) is 4.90 Å². The van der Waals surface area contributed by atoms with E-state index >= 15 is 0 Å². The maximum absolute atomic E-state index is 12.5. The van der Waals surface area contributed by atoms with Crippen LogP contribution < -0.4 is 4.74 Å². The largest absolute Gasteiger partial charge is 0.497 e. The Morgan fingerprint density at radius 3 is 2.76 bits per heavy atom. The van der Waals surface area contributed by atoms with Crippen molar-refractivity contribution in [3.63, 3.8) is 0 Å². The van der Waals surface area contributed by atoms with Crippen molar-refractivity contribution in [3.8, 4) is 5.75 Å². The normalized spacial score (nSPS) is 13.7. The van der Waals surface area contributed by atoms with Gasteiger partial charge in [0.1, 0.15) is 5.75 Å². The highest BCUT2D eigenvalue weighted by Crippen LogP contribution is 2.20. The Balaban J connectivity index is 1.69. The summed E-state index contributed by atoms with van der Waals surface area (Å²) in [6.07, 6.45) is 1.37. The van der Waals surface area contributed by atoms with E-state index in [9.17, 15) is 4.79 Å². The van der Waals surface area contributed by atoms with Crippen LogP contribution in [-0.4, -0.2) is 24.5 Å². The van der Waals surface area contributed by atoms with Gasteiger partial charge in [0, 0.05) is 13.1 Å². The first-order valence-corrected chi connectivity index (χ1v) is 7.24. The van der Waals surface area contributed by atoms with E-state index in [1.165, 1.54) is 11.1 Å². The van der Waals surface area contributed by atoms with Crippen molar-refractivity contribution in [2.45, 2.75) is 19.4 Å². The summed E-state index contributed by atoms with van der Waals surface area (Å²) in [6, 6.07) is 16.1. The predicted octanol–water partition coefficient (Wildman–Crippen LogP) is 2.82. The lowest BCUT2D eigenvalue weighted by Crippen LogP contribution is -2.36. The average Bonchev–Trinajstić information content (AvgIpc) is 2.54. The van der Waals surface area contributed by atoms with Crippen molar-refractivity contribution in [2.75, 3.05) is 13.7 Å². The number of ether oxygens (including phenoxy) is 1. The maximum Gasteiger partial charge on any atom is 0.227 e. The Labute approximate surface area is 125 Å². The quantitative estimate of drug-likeness (QED) is 0.866. The summed E-state index contributed by atoms with van der Waals surface area (Å²) in [5.41, 5.74) is 3.63. The van der Waals surface area contributed by atoms with Gasteiger partial charge in [-0.3, -0.25) is 4.79 Å². The topological polar surface area (TPSA) is 29.5 Å². The fraction of sp³-hybridized carbons (Fsp3) is 0.278.